The molecule has 0 spiro atoms. The van der Waals surface area contributed by atoms with E-state index in [4.69, 9.17) is 13.9 Å². The molecular weight excluding hydrogens is 326 g/mol. The Kier molecular flexibility index (Phi) is 3.95. The van der Waals surface area contributed by atoms with E-state index in [1.165, 1.54) is 0 Å². The molecule has 0 amide bonds. The van der Waals surface area contributed by atoms with Gasteiger partial charge in [0.2, 0.25) is 12.7 Å². The minimum Gasteiger partial charge on any atom is -0.454 e. The van der Waals surface area contributed by atoms with E-state index in [1.807, 2.05) is 42.8 Å². The zero-order chi connectivity index (χ0) is 16.5. The van der Waals surface area contributed by atoms with Crippen LogP contribution in [-0.4, -0.2) is 28.9 Å². The molecule has 0 saturated heterocycles. The standard InChI is InChI=1S/C17H17N3O3S/c1-11(16-18-19-17(23-16)15-4-3-7-24-15)20(2)9-12-5-6-13-14(8-12)22-10-21-13/h3-8,11H,9-10H2,1-2H3. The molecule has 7 heteroatoms. The molecule has 0 N–H and O–H groups in total. The fraction of sp³-hybridized carbons (Fsp3) is 0.294. The van der Waals surface area contributed by atoms with Crippen molar-refractivity contribution in [2.75, 3.05) is 13.8 Å². The van der Waals surface area contributed by atoms with Gasteiger partial charge in [0, 0.05) is 6.54 Å². The highest BCUT2D eigenvalue weighted by Gasteiger charge is 2.21. The molecule has 1 atom stereocenters. The highest BCUT2D eigenvalue weighted by Crippen LogP contribution is 2.33. The predicted molar refractivity (Wildman–Crippen MR) is 90.1 cm³/mol. The Hall–Kier alpha value is -2.38. The van der Waals surface area contributed by atoms with Crippen molar-refractivity contribution in [1.82, 2.24) is 15.1 Å². The summed E-state index contributed by atoms with van der Waals surface area (Å²) in [5.74, 6) is 2.78. The number of benzene rings is 1. The molecule has 0 radical (unpaired) electrons. The van der Waals surface area contributed by atoms with Crippen LogP contribution in [0.4, 0.5) is 0 Å². The van der Waals surface area contributed by atoms with Crippen molar-refractivity contribution in [3.05, 3.63) is 47.2 Å². The molecule has 1 aromatic carbocycles. The molecule has 6 nitrogen and oxygen atoms in total. The third-order valence-corrected chi connectivity index (χ3v) is 4.92. The number of hydrogen-bond acceptors (Lipinski definition) is 7. The van der Waals surface area contributed by atoms with Crippen LogP contribution in [0.15, 0.2) is 40.1 Å². The molecule has 4 rings (SSSR count). The molecule has 0 bridgehead atoms. The molecule has 2 aromatic heterocycles. The lowest BCUT2D eigenvalue weighted by Gasteiger charge is -2.21. The van der Waals surface area contributed by atoms with Crippen molar-refractivity contribution in [1.29, 1.82) is 0 Å². The van der Waals surface area contributed by atoms with Crippen LogP contribution >= 0.6 is 11.3 Å². The molecule has 0 aliphatic carbocycles. The Labute approximate surface area is 143 Å². The van der Waals surface area contributed by atoms with Crippen molar-refractivity contribution in [2.24, 2.45) is 0 Å². The van der Waals surface area contributed by atoms with E-state index < -0.39 is 0 Å². The summed E-state index contributed by atoms with van der Waals surface area (Å²) < 4.78 is 16.6. The summed E-state index contributed by atoms with van der Waals surface area (Å²) in [4.78, 5) is 3.14. The van der Waals surface area contributed by atoms with Gasteiger partial charge in [-0.3, -0.25) is 4.90 Å². The summed E-state index contributed by atoms with van der Waals surface area (Å²) in [6.07, 6.45) is 0. The van der Waals surface area contributed by atoms with Crippen molar-refractivity contribution < 1.29 is 13.9 Å². The van der Waals surface area contributed by atoms with Gasteiger partial charge in [-0.1, -0.05) is 12.1 Å². The second-order valence-corrected chi connectivity index (χ2v) is 6.65. The SMILES string of the molecule is CC(c1nnc(-c2cccs2)o1)N(C)Cc1ccc2c(c1)OCO2. The first-order valence-corrected chi connectivity index (χ1v) is 8.55. The molecule has 1 aliphatic heterocycles. The van der Waals surface area contributed by atoms with Crippen LogP contribution in [0.3, 0.4) is 0 Å². The van der Waals surface area contributed by atoms with E-state index >= 15 is 0 Å². The Morgan fingerprint density at radius 1 is 1.21 bits per heavy atom. The second-order valence-electron chi connectivity index (χ2n) is 5.70. The van der Waals surface area contributed by atoms with E-state index in [2.05, 4.69) is 22.0 Å². The highest BCUT2D eigenvalue weighted by atomic mass is 32.1. The van der Waals surface area contributed by atoms with Gasteiger partial charge in [0.15, 0.2) is 11.5 Å². The van der Waals surface area contributed by atoms with Gasteiger partial charge in [-0.2, -0.15) is 0 Å². The normalized spacial score (nSPS) is 14.3. The van der Waals surface area contributed by atoms with Crippen LogP contribution in [0.2, 0.25) is 0 Å². The number of fused-ring (bicyclic) bond motifs is 1. The van der Waals surface area contributed by atoms with Crippen molar-refractivity contribution >= 4 is 11.3 Å². The van der Waals surface area contributed by atoms with Crippen LogP contribution in [0, 0.1) is 0 Å². The number of hydrogen-bond donors (Lipinski definition) is 0. The van der Waals surface area contributed by atoms with E-state index in [9.17, 15) is 0 Å². The van der Waals surface area contributed by atoms with Gasteiger partial charge in [0.05, 0.1) is 10.9 Å². The minimum absolute atomic E-state index is 0.0108. The third kappa shape index (κ3) is 2.88. The monoisotopic (exact) mass is 343 g/mol. The topological polar surface area (TPSA) is 60.6 Å². The summed E-state index contributed by atoms with van der Waals surface area (Å²) in [5.41, 5.74) is 1.14. The molecule has 3 aromatic rings. The lowest BCUT2D eigenvalue weighted by molar-refractivity contribution is 0.174. The first-order chi connectivity index (χ1) is 11.7. The second kappa shape index (κ2) is 6.26. The van der Waals surface area contributed by atoms with Gasteiger partial charge >= 0.3 is 0 Å². The molecule has 124 valence electrons. The Morgan fingerprint density at radius 3 is 2.92 bits per heavy atom. The van der Waals surface area contributed by atoms with Crippen LogP contribution in [0.25, 0.3) is 10.8 Å². The summed E-state index contributed by atoms with van der Waals surface area (Å²) in [6, 6.07) is 9.95. The first-order valence-electron chi connectivity index (χ1n) is 7.67. The molecule has 0 saturated carbocycles. The van der Waals surface area contributed by atoms with E-state index in [-0.39, 0.29) is 6.04 Å². The summed E-state index contributed by atoms with van der Waals surface area (Å²) in [7, 11) is 2.03. The van der Waals surface area contributed by atoms with Gasteiger partial charge in [-0.15, -0.1) is 21.5 Å². The van der Waals surface area contributed by atoms with E-state index in [1.54, 1.807) is 11.3 Å². The molecule has 1 unspecified atom stereocenters. The molecule has 3 heterocycles. The maximum Gasteiger partial charge on any atom is 0.257 e. The largest absolute Gasteiger partial charge is 0.454 e. The Morgan fingerprint density at radius 2 is 2.08 bits per heavy atom. The van der Waals surface area contributed by atoms with Gasteiger partial charge in [-0.05, 0) is 43.1 Å². The van der Waals surface area contributed by atoms with E-state index in [0.717, 1.165) is 28.5 Å². The Bertz CT molecular complexity index is 831. The minimum atomic E-state index is 0.0108. The molecule has 24 heavy (non-hydrogen) atoms. The predicted octanol–water partition coefficient (Wildman–Crippen LogP) is 3.72. The zero-order valence-electron chi connectivity index (χ0n) is 13.4. The van der Waals surface area contributed by atoms with E-state index in [0.29, 0.717) is 18.6 Å². The number of thiophene rings is 1. The number of ether oxygens (including phenoxy) is 2. The third-order valence-electron chi connectivity index (χ3n) is 4.06. The van der Waals surface area contributed by atoms with Gasteiger partial charge in [0.25, 0.3) is 5.89 Å². The average Bonchev–Trinajstić information content (AvgIpc) is 3.32. The maximum atomic E-state index is 5.82. The van der Waals surface area contributed by atoms with Gasteiger partial charge in [0.1, 0.15) is 0 Å². The number of nitrogens with zero attached hydrogens (tertiary/aromatic N) is 3. The Balaban J connectivity index is 1.47. The smallest absolute Gasteiger partial charge is 0.257 e. The van der Waals surface area contributed by atoms with Crippen LogP contribution in [-0.2, 0) is 6.54 Å². The van der Waals surface area contributed by atoms with Crippen LogP contribution in [0.1, 0.15) is 24.4 Å². The fourth-order valence-corrected chi connectivity index (χ4v) is 3.20. The maximum absolute atomic E-state index is 5.82. The van der Waals surface area contributed by atoms with Gasteiger partial charge in [-0.25, -0.2) is 0 Å². The first kappa shape index (κ1) is 15.2. The highest BCUT2D eigenvalue weighted by molar-refractivity contribution is 7.13. The van der Waals surface area contributed by atoms with Crippen molar-refractivity contribution in [2.45, 2.75) is 19.5 Å². The quantitative estimate of drug-likeness (QED) is 0.704. The van der Waals surface area contributed by atoms with Gasteiger partial charge < -0.3 is 13.9 Å². The number of rotatable bonds is 5. The number of aromatic nitrogens is 2. The van der Waals surface area contributed by atoms with Crippen molar-refractivity contribution in [3.63, 3.8) is 0 Å². The molecular formula is C17H17N3O3S. The molecule has 0 fully saturated rings. The lowest BCUT2D eigenvalue weighted by Crippen LogP contribution is -2.22. The molecule has 1 aliphatic rings. The summed E-state index contributed by atoms with van der Waals surface area (Å²) >= 11 is 1.59. The van der Waals surface area contributed by atoms with Crippen LogP contribution in [0.5, 0.6) is 11.5 Å². The zero-order valence-corrected chi connectivity index (χ0v) is 14.2. The summed E-state index contributed by atoms with van der Waals surface area (Å²) in [5, 5.41) is 10.3. The average molecular weight is 343 g/mol. The fourth-order valence-electron chi connectivity index (χ4n) is 2.56. The van der Waals surface area contributed by atoms with Crippen molar-refractivity contribution in [3.8, 4) is 22.3 Å². The summed E-state index contributed by atoms with van der Waals surface area (Å²) in [6.45, 7) is 3.09. The lowest BCUT2D eigenvalue weighted by atomic mass is 10.1. The van der Waals surface area contributed by atoms with Crippen LogP contribution < -0.4 is 9.47 Å².